The summed E-state index contributed by atoms with van der Waals surface area (Å²) < 4.78 is 0. The quantitative estimate of drug-likeness (QED) is 0.670. The maximum atomic E-state index is 10.7. The van der Waals surface area contributed by atoms with Crippen LogP contribution >= 0.6 is 0 Å². The third-order valence-electron chi connectivity index (χ3n) is 2.96. The van der Waals surface area contributed by atoms with Crippen molar-refractivity contribution >= 4 is 5.97 Å². The molecule has 0 aliphatic carbocycles. The van der Waals surface area contributed by atoms with Crippen molar-refractivity contribution < 1.29 is 15.0 Å². The average molecular weight is 201 g/mol. The Labute approximate surface area is 84.5 Å². The molecule has 1 heterocycles. The van der Waals surface area contributed by atoms with Crippen molar-refractivity contribution in [1.82, 2.24) is 4.90 Å². The highest BCUT2D eigenvalue weighted by Gasteiger charge is 2.34. The van der Waals surface area contributed by atoms with Gasteiger partial charge in [0.05, 0.1) is 5.92 Å². The largest absolute Gasteiger partial charge is 0.481 e. The van der Waals surface area contributed by atoms with E-state index in [0.717, 1.165) is 19.6 Å². The molecule has 0 radical (unpaired) electrons. The monoisotopic (exact) mass is 201 g/mol. The molecule has 4 heteroatoms. The second-order valence-corrected chi connectivity index (χ2v) is 4.39. The fourth-order valence-corrected chi connectivity index (χ4v) is 1.78. The lowest BCUT2D eigenvalue weighted by Gasteiger charge is -2.42. The normalized spacial score (nSPS) is 22.8. The van der Waals surface area contributed by atoms with Crippen molar-refractivity contribution in [2.75, 3.05) is 26.2 Å². The van der Waals surface area contributed by atoms with Crippen LogP contribution < -0.4 is 0 Å². The van der Waals surface area contributed by atoms with E-state index in [1.165, 1.54) is 0 Å². The number of carboxylic acid groups (broad SMARTS) is 1. The summed E-state index contributed by atoms with van der Waals surface area (Å²) in [7, 11) is 0. The number of aliphatic hydroxyl groups excluding tert-OH is 1. The van der Waals surface area contributed by atoms with Crippen LogP contribution in [-0.4, -0.2) is 47.3 Å². The Morgan fingerprint density at radius 2 is 2.07 bits per heavy atom. The summed E-state index contributed by atoms with van der Waals surface area (Å²) in [6, 6.07) is 0. The van der Waals surface area contributed by atoms with E-state index in [1.54, 1.807) is 6.92 Å². The molecule has 14 heavy (non-hydrogen) atoms. The van der Waals surface area contributed by atoms with Gasteiger partial charge in [-0.2, -0.15) is 0 Å². The van der Waals surface area contributed by atoms with Gasteiger partial charge in [0.15, 0.2) is 0 Å². The van der Waals surface area contributed by atoms with Gasteiger partial charge in [-0.25, -0.2) is 0 Å². The molecule has 0 bridgehead atoms. The van der Waals surface area contributed by atoms with E-state index in [4.69, 9.17) is 10.2 Å². The summed E-state index contributed by atoms with van der Waals surface area (Å²) in [5, 5.41) is 17.6. The molecule has 4 nitrogen and oxygen atoms in total. The fourth-order valence-electron chi connectivity index (χ4n) is 1.78. The van der Waals surface area contributed by atoms with E-state index in [1.807, 2.05) is 6.92 Å². The zero-order valence-electron chi connectivity index (χ0n) is 8.81. The average Bonchev–Trinajstić information content (AvgIpc) is 2.08. The predicted molar refractivity (Wildman–Crippen MR) is 53.0 cm³/mol. The molecular weight excluding hydrogens is 182 g/mol. The van der Waals surface area contributed by atoms with Crippen molar-refractivity contribution in [2.45, 2.75) is 13.8 Å². The van der Waals surface area contributed by atoms with E-state index in [9.17, 15) is 4.79 Å². The standard InChI is InChI=1S/C10H19NO3/c1-7(6-12)3-11-4-9(5-11)8(2)10(13)14/h7-9,12H,3-6H2,1-2H3,(H,13,14). The van der Waals surface area contributed by atoms with E-state index in [2.05, 4.69) is 4.90 Å². The van der Waals surface area contributed by atoms with Crippen LogP contribution in [0, 0.1) is 17.8 Å². The predicted octanol–water partition coefficient (Wildman–Crippen LogP) is 0.267. The Balaban J connectivity index is 2.20. The van der Waals surface area contributed by atoms with Crippen LogP contribution in [0.3, 0.4) is 0 Å². The van der Waals surface area contributed by atoms with Crippen LogP contribution in [-0.2, 0) is 4.79 Å². The lowest BCUT2D eigenvalue weighted by molar-refractivity contribution is -0.145. The number of hydrogen-bond acceptors (Lipinski definition) is 3. The minimum absolute atomic E-state index is 0.204. The Morgan fingerprint density at radius 3 is 2.50 bits per heavy atom. The van der Waals surface area contributed by atoms with Crippen LogP contribution in [0.2, 0.25) is 0 Å². The molecule has 1 rings (SSSR count). The summed E-state index contributed by atoms with van der Waals surface area (Å²) in [6.07, 6.45) is 0. The zero-order valence-corrected chi connectivity index (χ0v) is 8.81. The minimum Gasteiger partial charge on any atom is -0.481 e. The first-order valence-electron chi connectivity index (χ1n) is 5.10. The van der Waals surface area contributed by atoms with E-state index in [-0.39, 0.29) is 18.4 Å². The Morgan fingerprint density at radius 1 is 1.50 bits per heavy atom. The summed E-state index contributed by atoms with van der Waals surface area (Å²) in [4.78, 5) is 12.9. The first kappa shape index (κ1) is 11.5. The van der Waals surface area contributed by atoms with E-state index >= 15 is 0 Å². The SMILES string of the molecule is CC(CO)CN1CC(C(C)C(=O)O)C1. The van der Waals surface area contributed by atoms with Gasteiger partial charge in [-0.15, -0.1) is 0 Å². The highest BCUT2D eigenvalue weighted by molar-refractivity contribution is 5.70. The zero-order chi connectivity index (χ0) is 10.7. The molecule has 2 N–H and O–H groups in total. The number of rotatable bonds is 5. The molecule has 0 aromatic rings. The van der Waals surface area contributed by atoms with E-state index in [0.29, 0.717) is 5.92 Å². The Bertz CT molecular complexity index is 202. The van der Waals surface area contributed by atoms with Gasteiger partial charge in [-0.3, -0.25) is 4.79 Å². The minimum atomic E-state index is -0.704. The maximum absolute atomic E-state index is 10.7. The van der Waals surface area contributed by atoms with Gasteiger partial charge in [-0.05, 0) is 11.8 Å². The molecule has 82 valence electrons. The highest BCUT2D eigenvalue weighted by atomic mass is 16.4. The van der Waals surface area contributed by atoms with Crippen LogP contribution in [0.1, 0.15) is 13.8 Å². The second-order valence-electron chi connectivity index (χ2n) is 4.39. The van der Waals surface area contributed by atoms with Gasteiger partial charge in [0.25, 0.3) is 0 Å². The molecule has 1 aliphatic heterocycles. The third kappa shape index (κ3) is 2.69. The molecule has 1 saturated heterocycles. The lowest BCUT2D eigenvalue weighted by atomic mass is 9.86. The number of likely N-dealkylation sites (tertiary alicyclic amines) is 1. The van der Waals surface area contributed by atoms with Gasteiger partial charge in [0.1, 0.15) is 0 Å². The molecule has 1 aliphatic rings. The molecule has 0 amide bonds. The fraction of sp³-hybridized carbons (Fsp3) is 0.900. The first-order valence-corrected chi connectivity index (χ1v) is 5.10. The molecule has 0 saturated carbocycles. The number of nitrogens with zero attached hydrogens (tertiary/aromatic N) is 1. The van der Waals surface area contributed by atoms with E-state index < -0.39 is 5.97 Å². The number of aliphatic hydroxyl groups is 1. The Hall–Kier alpha value is -0.610. The van der Waals surface area contributed by atoms with Crippen LogP contribution in [0.4, 0.5) is 0 Å². The topological polar surface area (TPSA) is 60.8 Å². The number of hydrogen-bond donors (Lipinski definition) is 2. The maximum Gasteiger partial charge on any atom is 0.306 e. The lowest BCUT2D eigenvalue weighted by Crippen LogP contribution is -2.52. The van der Waals surface area contributed by atoms with Gasteiger partial charge in [0, 0.05) is 26.2 Å². The van der Waals surface area contributed by atoms with Crippen molar-refractivity contribution in [3.63, 3.8) is 0 Å². The van der Waals surface area contributed by atoms with Crippen molar-refractivity contribution in [1.29, 1.82) is 0 Å². The molecule has 0 aromatic heterocycles. The molecule has 1 fully saturated rings. The number of carboxylic acids is 1. The van der Waals surface area contributed by atoms with Crippen LogP contribution in [0.25, 0.3) is 0 Å². The number of aliphatic carboxylic acids is 1. The highest BCUT2D eigenvalue weighted by Crippen LogP contribution is 2.24. The van der Waals surface area contributed by atoms with Crippen molar-refractivity contribution in [3.05, 3.63) is 0 Å². The van der Waals surface area contributed by atoms with Crippen molar-refractivity contribution in [2.24, 2.45) is 17.8 Å². The summed E-state index contributed by atoms with van der Waals surface area (Å²) >= 11 is 0. The summed E-state index contributed by atoms with van der Waals surface area (Å²) in [5.41, 5.74) is 0. The van der Waals surface area contributed by atoms with Crippen LogP contribution in [0.5, 0.6) is 0 Å². The molecule has 2 unspecified atom stereocenters. The van der Waals surface area contributed by atoms with Crippen LogP contribution in [0.15, 0.2) is 0 Å². The summed E-state index contributed by atoms with van der Waals surface area (Å²) in [6.45, 7) is 6.55. The first-order chi connectivity index (χ1) is 6.54. The van der Waals surface area contributed by atoms with Gasteiger partial charge < -0.3 is 15.1 Å². The van der Waals surface area contributed by atoms with Gasteiger partial charge in [-0.1, -0.05) is 13.8 Å². The number of carbonyl (C=O) groups is 1. The second kappa shape index (κ2) is 4.75. The molecule has 2 atom stereocenters. The molecule has 0 spiro atoms. The third-order valence-corrected chi connectivity index (χ3v) is 2.96. The molecule has 0 aromatic carbocycles. The molecular formula is C10H19NO3. The van der Waals surface area contributed by atoms with Gasteiger partial charge in [0.2, 0.25) is 0 Å². The smallest absolute Gasteiger partial charge is 0.306 e. The van der Waals surface area contributed by atoms with Crippen molar-refractivity contribution in [3.8, 4) is 0 Å². The Kier molecular flexibility index (Phi) is 3.89. The van der Waals surface area contributed by atoms with Gasteiger partial charge >= 0.3 is 5.97 Å². The summed E-state index contributed by atoms with van der Waals surface area (Å²) in [5.74, 6) is -0.366.